The number of hydrogen-bond acceptors (Lipinski definition) is 2. The molecule has 0 amide bonds. The summed E-state index contributed by atoms with van der Waals surface area (Å²) in [4.78, 5) is 0. The molecule has 2 heterocycles. The van der Waals surface area contributed by atoms with Gasteiger partial charge in [0.05, 0.1) is 17.8 Å². The Morgan fingerprint density at radius 2 is 2.00 bits per heavy atom. The lowest BCUT2D eigenvalue weighted by molar-refractivity contribution is -0.110. The Kier molecular flexibility index (Phi) is 2.91. The Bertz CT molecular complexity index is 446. The average molecular weight is 250 g/mol. The molecule has 0 saturated carbocycles. The number of fused-ring (bicyclic) bond motifs is 2. The highest BCUT2D eigenvalue weighted by Gasteiger charge is 2.43. The van der Waals surface area contributed by atoms with Crippen molar-refractivity contribution in [2.75, 3.05) is 0 Å². The van der Waals surface area contributed by atoms with Gasteiger partial charge in [0.2, 0.25) is 0 Å². The van der Waals surface area contributed by atoms with Crippen LogP contribution in [0.5, 0.6) is 0 Å². The van der Waals surface area contributed by atoms with E-state index < -0.39 is 5.60 Å². The van der Waals surface area contributed by atoms with Crippen molar-refractivity contribution in [3.63, 3.8) is 0 Å². The number of rotatable bonds is 2. The van der Waals surface area contributed by atoms with Crippen LogP contribution in [0.3, 0.4) is 0 Å². The fourth-order valence-electron chi connectivity index (χ4n) is 3.35. The van der Waals surface area contributed by atoms with Crippen LogP contribution in [0.25, 0.3) is 0 Å². The van der Waals surface area contributed by atoms with Crippen LogP contribution < -0.4 is 0 Å². The normalized spacial score (nSPS) is 34.8. The molecule has 2 bridgehead atoms. The Labute approximate surface area is 107 Å². The number of aliphatic hydroxyl groups is 1. The van der Waals surface area contributed by atoms with Crippen LogP contribution in [-0.2, 0) is 11.2 Å². The molecule has 0 spiro atoms. The second-order valence-electron chi connectivity index (χ2n) is 5.81. The second-order valence-corrected chi connectivity index (χ2v) is 5.81. The van der Waals surface area contributed by atoms with Crippen molar-refractivity contribution in [3.05, 3.63) is 35.1 Å². The maximum atomic E-state index is 14.0. The predicted octanol–water partition coefficient (Wildman–Crippen LogP) is 2.75. The van der Waals surface area contributed by atoms with E-state index in [0.29, 0.717) is 30.4 Å². The highest BCUT2D eigenvalue weighted by Crippen LogP contribution is 2.40. The summed E-state index contributed by atoms with van der Waals surface area (Å²) < 4.78 is 19.7. The van der Waals surface area contributed by atoms with Gasteiger partial charge in [0, 0.05) is 19.3 Å². The van der Waals surface area contributed by atoms with Gasteiger partial charge in [-0.2, -0.15) is 0 Å². The molecule has 2 aliphatic heterocycles. The summed E-state index contributed by atoms with van der Waals surface area (Å²) in [6.45, 7) is 1.76. The first kappa shape index (κ1) is 12.1. The summed E-state index contributed by atoms with van der Waals surface area (Å²) in [7, 11) is 0. The van der Waals surface area contributed by atoms with Gasteiger partial charge >= 0.3 is 0 Å². The van der Waals surface area contributed by atoms with E-state index in [2.05, 4.69) is 0 Å². The van der Waals surface area contributed by atoms with E-state index in [0.717, 1.165) is 12.8 Å². The predicted molar refractivity (Wildman–Crippen MR) is 66.9 cm³/mol. The smallest absolute Gasteiger partial charge is 0.129 e. The number of hydrogen-bond donors (Lipinski definition) is 1. The van der Waals surface area contributed by atoms with Gasteiger partial charge in [-0.05, 0) is 30.9 Å². The van der Waals surface area contributed by atoms with Gasteiger partial charge in [-0.15, -0.1) is 0 Å². The molecule has 2 aliphatic rings. The van der Waals surface area contributed by atoms with E-state index in [1.165, 1.54) is 0 Å². The van der Waals surface area contributed by atoms with Gasteiger partial charge in [0.1, 0.15) is 5.82 Å². The quantitative estimate of drug-likeness (QED) is 0.874. The third kappa shape index (κ3) is 2.17. The minimum absolute atomic E-state index is 0.168. The first-order valence-electron chi connectivity index (χ1n) is 6.68. The maximum absolute atomic E-state index is 14.0. The first-order valence-corrected chi connectivity index (χ1v) is 6.68. The molecule has 1 N–H and O–H groups in total. The van der Waals surface area contributed by atoms with E-state index in [4.69, 9.17) is 4.74 Å². The lowest BCUT2D eigenvalue weighted by Crippen LogP contribution is -2.42. The largest absolute Gasteiger partial charge is 0.389 e. The third-order valence-electron chi connectivity index (χ3n) is 4.20. The topological polar surface area (TPSA) is 29.5 Å². The first-order chi connectivity index (χ1) is 8.56. The SMILES string of the molecule is Cc1cccc(CC2(O)CC3CCC(C2)O3)c1F. The standard InChI is InChI=1S/C15H19FO2/c1-10-3-2-4-11(14(10)16)7-15(17)8-12-5-6-13(9-15)18-12/h2-4,12-13,17H,5-9H2,1H3. The molecule has 98 valence electrons. The average Bonchev–Trinajstić information content (AvgIpc) is 2.65. The molecule has 0 aromatic heterocycles. The van der Waals surface area contributed by atoms with E-state index in [1.54, 1.807) is 19.1 Å². The van der Waals surface area contributed by atoms with Crippen molar-refractivity contribution < 1.29 is 14.2 Å². The number of aryl methyl sites for hydroxylation is 1. The van der Waals surface area contributed by atoms with Gasteiger partial charge in [-0.25, -0.2) is 4.39 Å². The molecule has 2 saturated heterocycles. The van der Waals surface area contributed by atoms with Crippen LogP contribution in [0.15, 0.2) is 18.2 Å². The molecule has 1 aromatic carbocycles. The van der Waals surface area contributed by atoms with E-state index >= 15 is 0 Å². The van der Waals surface area contributed by atoms with Gasteiger partial charge in [-0.1, -0.05) is 18.2 Å². The molecule has 0 radical (unpaired) electrons. The monoisotopic (exact) mass is 250 g/mol. The molecular formula is C15H19FO2. The van der Waals surface area contributed by atoms with E-state index in [9.17, 15) is 9.50 Å². The zero-order valence-electron chi connectivity index (χ0n) is 10.7. The molecule has 3 rings (SSSR count). The summed E-state index contributed by atoms with van der Waals surface area (Å²) in [6.07, 6.45) is 4.07. The third-order valence-corrected chi connectivity index (χ3v) is 4.20. The van der Waals surface area contributed by atoms with Crippen molar-refractivity contribution in [3.8, 4) is 0 Å². The Hall–Kier alpha value is -0.930. The molecule has 3 heteroatoms. The van der Waals surface area contributed by atoms with Gasteiger partial charge in [0.25, 0.3) is 0 Å². The van der Waals surface area contributed by atoms with Crippen LogP contribution in [0.4, 0.5) is 4.39 Å². The molecule has 1 aromatic rings. The van der Waals surface area contributed by atoms with E-state index in [-0.39, 0.29) is 18.0 Å². The zero-order chi connectivity index (χ0) is 12.8. The van der Waals surface area contributed by atoms with Crippen LogP contribution in [0.1, 0.15) is 36.8 Å². The van der Waals surface area contributed by atoms with E-state index in [1.807, 2.05) is 6.07 Å². The van der Waals surface area contributed by atoms with Crippen LogP contribution in [0.2, 0.25) is 0 Å². The molecule has 0 aliphatic carbocycles. The lowest BCUT2D eigenvalue weighted by atomic mass is 9.84. The van der Waals surface area contributed by atoms with Crippen molar-refractivity contribution >= 4 is 0 Å². The maximum Gasteiger partial charge on any atom is 0.129 e. The number of halogens is 1. The number of benzene rings is 1. The lowest BCUT2D eigenvalue weighted by Gasteiger charge is -2.36. The van der Waals surface area contributed by atoms with Crippen LogP contribution in [-0.4, -0.2) is 22.9 Å². The molecule has 2 fully saturated rings. The molecule has 18 heavy (non-hydrogen) atoms. The van der Waals surface area contributed by atoms with Crippen LogP contribution in [0, 0.1) is 12.7 Å². The highest BCUT2D eigenvalue weighted by atomic mass is 19.1. The summed E-state index contributed by atoms with van der Waals surface area (Å²) in [5.41, 5.74) is 0.476. The zero-order valence-corrected chi connectivity index (χ0v) is 10.7. The minimum Gasteiger partial charge on any atom is -0.389 e. The molecule has 2 unspecified atom stereocenters. The summed E-state index contributed by atoms with van der Waals surface area (Å²) in [5, 5.41) is 10.7. The molecule has 2 atom stereocenters. The van der Waals surface area contributed by atoms with Crippen molar-refractivity contribution in [2.45, 2.75) is 56.8 Å². The Balaban J connectivity index is 1.81. The summed E-state index contributed by atoms with van der Waals surface area (Å²) in [6, 6.07) is 5.39. The fourth-order valence-corrected chi connectivity index (χ4v) is 3.35. The van der Waals surface area contributed by atoms with Gasteiger partial charge in [-0.3, -0.25) is 0 Å². The second kappa shape index (κ2) is 4.32. The highest BCUT2D eigenvalue weighted by molar-refractivity contribution is 5.26. The Morgan fingerprint density at radius 1 is 1.33 bits per heavy atom. The van der Waals surface area contributed by atoms with Gasteiger partial charge < -0.3 is 9.84 Å². The van der Waals surface area contributed by atoms with Gasteiger partial charge in [0.15, 0.2) is 0 Å². The fraction of sp³-hybridized carbons (Fsp3) is 0.600. The van der Waals surface area contributed by atoms with Crippen molar-refractivity contribution in [1.82, 2.24) is 0 Å². The minimum atomic E-state index is -0.793. The van der Waals surface area contributed by atoms with Crippen LogP contribution >= 0.6 is 0 Å². The summed E-state index contributed by atoms with van der Waals surface area (Å²) in [5.74, 6) is -0.176. The number of ether oxygens (including phenoxy) is 1. The Morgan fingerprint density at radius 3 is 2.67 bits per heavy atom. The molecular weight excluding hydrogens is 231 g/mol. The van der Waals surface area contributed by atoms with Crippen molar-refractivity contribution in [2.24, 2.45) is 0 Å². The molecule has 2 nitrogen and oxygen atoms in total. The van der Waals surface area contributed by atoms with Crippen molar-refractivity contribution in [1.29, 1.82) is 0 Å². The summed E-state index contributed by atoms with van der Waals surface area (Å²) >= 11 is 0.